The Kier molecular flexibility index (Phi) is 5.77. The van der Waals surface area contributed by atoms with Crippen LogP contribution in [0.4, 0.5) is 11.4 Å². The number of hydrogen-bond acceptors (Lipinski definition) is 4. The van der Waals surface area contributed by atoms with Gasteiger partial charge in [0.15, 0.2) is 0 Å². The smallest absolute Gasteiger partial charge is 0.294 e. The van der Waals surface area contributed by atoms with E-state index in [1.165, 1.54) is 6.07 Å². The Morgan fingerprint density at radius 3 is 2.60 bits per heavy atom. The van der Waals surface area contributed by atoms with E-state index in [2.05, 4.69) is 13.8 Å². The zero-order valence-electron chi connectivity index (χ0n) is 12.2. The first-order valence-electron chi connectivity index (χ1n) is 6.69. The highest BCUT2D eigenvalue weighted by Gasteiger charge is 2.25. The molecule has 0 saturated carbocycles. The van der Waals surface area contributed by atoms with Crippen LogP contribution in [0, 0.1) is 15.5 Å². The van der Waals surface area contributed by atoms with Crippen molar-refractivity contribution in [3.05, 3.63) is 33.3 Å². The van der Waals surface area contributed by atoms with Crippen molar-refractivity contribution in [3.8, 4) is 0 Å². The molecule has 112 valence electrons. The molecule has 5 nitrogen and oxygen atoms in total. The van der Waals surface area contributed by atoms with Gasteiger partial charge < -0.3 is 10.6 Å². The molecule has 0 aliphatic carbocycles. The molecule has 1 aromatic rings. The van der Waals surface area contributed by atoms with E-state index in [1.807, 2.05) is 11.8 Å². The Morgan fingerprint density at radius 2 is 2.10 bits per heavy atom. The number of halogens is 1. The van der Waals surface area contributed by atoms with Gasteiger partial charge in [0.05, 0.1) is 4.92 Å². The lowest BCUT2D eigenvalue weighted by Gasteiger charge is -2.33. The predicted octanol–water partition coefficient (Wildman–Crippen LogP) is 3.45. The van der Waals surface area contributed by atoms with Crippen molar-refractivity contribution in [2.45, 2.75) is 27.2 Å². The van der Waals surface area contributed by atoms with Crippen LogP contribution in [0.5, 0.6) is 0 Å². The molecular weight excluding hydrogens is 278 g/mol. The molecule has 6 heteroatoms. The van der Waals surface area contributed by atoms with Crippen LogP contribution in [-0.4, -0.2) is 24.6 Å². The lowest BCUT2D eigenvalue weighted by atomic mass is 9.92. The molecule has 0 atom stereocenters. The normalized spacial score (nSPS) is 11.4. The Hall–Kier alpha value is -1.33. The van der Waals surface area contributed by atoms with Crippen LogP contribution in [0.15, 0.2) is 18.2 Å². The number of nitrogens with zero attached hydrogens (tertiary/aromatic N) is 2. The summed E-state index contributed by atoms with van der Waals surface area (Å²) in [4.78, 5) is 12.8. The number of nitro benzene ring substituents is 1. The molecule has 1 rings (SSSR count). The molecule has 2 N–H and O–H groups in total. The zero-order valence-corrected chi connectivity index (χ0v) is 13.0. The van der Waals surface area contributed by atoms with Crippen LogP contribution in [-0.2, 0) is 0 Å². The number of anilines is 1. The van der Waals surface area contributed by atoms with Crippen molar-refractivity contribution in [2.75, 3.05) is 24.5 Å². The zero-order chi connectivity index (χ0) is 15.3. The molecule has 0 aliphatic rings. The third-order valence-electron chi connectivity index (χ3n) is 3.14. The molecule has 0 unspecified atom stereocenters. The quantitative estimate of drug-likeness (QED) is 0.618. The maximum absolute atomic E-state index is 11.2. The molecule has 0 saturated heterocycles. The highest BCUT2D eigenvalue weighted by Crippen LogP contribution is 2.33. The van der Waals surface area contributed by atoms with Crippen molar-refractivity contribution in [1.29, 1.82) is 0 Å². The maximum Gasteiger partial charge on any atom is 0.294 e. The van der Waals surface area contributed by atoms with Gasteiger partial charge in [-0.2, -0.15) is 0 Å². The number of nitrogens with two attached hydrogens (primary N) is 1. The average molecular weight is 300 g/mol. The average Bonchev–Trinajstić information content (AvgIpc) is 2.38. The molecule has 0 amide bonds. The second-order valence-corrected chi connectivity index (χ2v) is 6.12. The van der Waals surface area contributed by atoms with Gasteiger partial charge in [0.1, 0.15) is 5.69 Å². The summed E-state index contributed by atoms with van der Waals surface area (Å²) in [5.74, 6) is 0. The van der Waals surface area contributed by atoms with E-state index in [0.717, 1.165) is 13.0 Å². The highest BCUT2D eigenvalue weighted by molar-refractivity contribution is 6.30. The van der Waals surface area contributed by atoms with Crippen LogP contribution < -0.4 is 10.6 Å². The van der Waals surface area contributed by atoms with E-state index in [0.29, 0.717) is 23.8 Å². The summed E-state index contributed by atoms with van der Waals surface area (Å²) in [5.41, 5.74) is 6.30. The second kappa shape index (κ2) is 6.90. The minimum absolute atomic E-state index is 0.0405. The standard InChI is InChI=1S/C14H22ClN3O2/c1-4-7-17(10-14(2,3)9-16)12-6-5-11(15)8-13(12)18(19)20/h5-6,8H,4,7,9-10,16H2,1-3H3. The van der Waals surface area contributed by atoms with Gasteiger partial charge >= 0.3 is 0 Å². The summed E-state index contributed by atoms with van der Waals surface area (Å²) < 4.78 is 0. The minimum Gasteiger partial charge on any atom is -0.365 e. The van der Waals surface area contributed by atoms with Gasteiger partial charge in [-0.25, -0.2) is 0 Å². The lowest BCUT2D eigenvalue weighted by Crippen LogP contribution is -2.39. The third-order valence-corrected chi connectivity index (χ3v) is 3.37. The number of rotatable bonds is 7. The van der Waals surface area contributed by atoms with Gasteiger partial charge in [-0.05, 0) is 30.5 Å². The van der Waals surface area contributed by atoms with Gasteiger partial charge in [0.25, 0.3) is 5.69 Å². The van der Waals surface area contributed by atoms with Gasteiger partial charge in [-0.3, -0.25) is 10.1 Å². The molecule has 0 aromatic heterocycles. The van der Waals surface area contributed by atoms with Gasteiger partial charge in [0, 0.05) is 24.2 Å². The Morgan fingerprint density at radius 1 is 1.45 bits per heavy atom. The number of nitro groups is 1. The molecule has 0 radical (unpaired) electrons. The fourth-order valence-corrected chi connectivity index (χ4v) is 2.21. The highest BCUT2D eigenvalue weighted by atomic mass is 35.5. The molecule has 0 aliphatic heterocycles. The van der Waals surface area contributed by atoms with Gasteiger partial charge in [-0.15, -0.1) is 0 Å². The molecule has 0 heterocycles. The molecular formula is C14H22ClN3O2. The van der Waals surface area contributed by atoms with E-state index in [4.69, 9.17) is 17.3 Å². The van der Waals surface area contributed by atoms with Gasteiger partial charge in [0.2, 0.25) is 0 Å². The summed E-state index contributed by atoms with van der Waals surface area (Å²) in [6.45, 7) is 8.08. The predicted molar refractivity (Wildman–Crippen MR) is 83.4 cm³/mol. The second-order valence-electron chi connectivity index (χ2n) is 5.68. The molecule has 0 bridgehead atoms. The monoisotopic (exact) mass is 299 g/mol. The fourth-order valence-electron chi connectivity index (χ4n) is 2.05. The third kappa shape index (κ3) is 4.35. The first kappa shape index (κ1) is 16.7. The molecule has 0 fully saturated rings. The van der Waals surface area contributed by atoms with Crippen molar-refractivity contribution in [3.63, 3.8) is 0 Å². The Balaban J connectivity index is 3.17. The van der Waals surface area contributed by atoms with E-state index in [-0.39, 0.29) is 16.0 Å². The Bertz CT molecular complexity index is 477. The topological polar surface area (TPSA) is 72.4 Å². The SMILES string of the molecule is CCCN(CC(C)(C)CN)c1ccc(Cl)cc1[N+](=O)[O-]. The van der Waals surface area contributed by atoms with Crippen LogP contribution in [0.1, 0.15) is 27.2 Å². The summed E-state index contributed by atoms with van der Waals surface area (Å²) in [6, 6.07) is 4.79. The molecule has 20 heavy (non-hydrogen) atoms. The Labute approximate surface area is 124 Å². The lowest BCUT2D eigenvalue weighted by molar-refractivity contribution is -0.384. The van der Waals surface area contributed by atoms with E-state index >= 15 is 0 Å². The molecule has 1 aromatic carbocycles. The number of hydrogen-bond donors (Lipinski definition) is 1. The van der Waals surface area contributed by atoms with E-state index < -0.39 is 0 Å². The van der Waals surface area contributed by atoms with Crippen molar-refractivity contribution >= 4 is 23.0 Å². The van der Waals surface area contributed by atoms with Crippen molar-refractivity contribution in [2.24, 2.45) is 11.1 Å². The summed E-state index contributed by atoms with van der Waals surface area (Å²) in [5, 5.41) is 11.6. The molecule has 0 spiro atoms. The van der Waals surface area contributed by atoms with E-state index in [1.54, 1.807) is 12.1 Å². The van der Waals surface area contributed by atoms with Crippen LogP contribution in [0.3, 0.4) is 0 Å². The van der Waals surface area contributed by atoms with E-state index in [9.17, 15) is 10.1 Å². The van der Waals surface area contributed by atoms with Crippen molar-refractivity contribution < 1.29 is 4.92 Å². The maximum atomic E-state index is 11.2. The summed E-state index contributed by atoms with van der Waals surface area (Å²) in [6.07, 6.45) is 0.903. The first-order chi connectivity index (χ1) is 9.30. The minimum atomic E-state index is -0.390. The largest absolute Gasteiger partial charge is 0.365 e. The summed E-state index contributed by atoms with van der Waals surface area (Å²) in [7, 11) is 0. The first-order valence-corrected chi connectivity index (χ1v) is 7.07. The van der Waals surface area contributed by atoms with Crippen LogP contribution in [0.2, 0.25) is 5.02 Å². The van der Waals surface area contributed by atoms with Crippen molar-refractivity contribution in [1.82, 2.24) is 0 Å². The summed E-state index contributed by atoms with van der Waals surface area (Å²) >= 11 is 5.86. The van der Waals surface area contributed by atoms with Gasteiger partial charge in [-0.1, -0.05) is 32.4 Å². The fraction of sp³-hybridized carbons (Fsp3) is 0.571. The number of benzene rings is 1. The van der Waals surface area contributed by atoms with Crippen LogP contribution >= 0.6 is 11.6 Å². The van der Waals surface area contributed by atoms with Crippen LogP contribution in [0.25, 0.3) is 0 Å².